The topological polar surface area (TPSA) is 85.7 Å². The third-order valence-electron chi connectivity index (χ3n) is 5.71. The molecule has 0 spiro atoms. The Morgan fingerprint density at radius 1 is 1.03 bits per heavy atom. The van der Waals surface area contributed by atoms with Gasteiger partial charge in [0.05, 0.1) is 40.9 Å². The number of nitrogens with zero attached hydrogens (tertiary/aromatic N) is 3. The van der Waals surface area contributed by atoms with E-state index in [0.717, 1.165) is 35.9 Å². The van der Waals surface area contributed by atoms with Crippen LogP contribution in [0.5, 0.6) is 0 Å². The lowest BCUT2D eigenvalue weighted by Crippen LogP contribution is -2.36. The summed E-state index contributed by atoms with van der Waals surface area (Å²) in [4.78, 5) is 27.3. The van der Waals surface area contributed by atoms with Crippen LogP contribution in [0.4, 0.5) is 11.4 Å². The minimum atomic E-state index is -0.957. The quantitative estimate of drug-likeness (QED) is 0.531. The molecule has 3 aromatic rings. The molecule has 9 heteroatoms. The second-order valence-electron chi connectivity index (χ2n) is 8.13. The third-order valence-corrected chi connectivity index (χ3v) is 6.26. The van der Waals surface area contributed by atoms with Crippen molar-refractivity contribution < 1.29 is 19.1 Å². The minimum absolute atomic E-state index is 0.339. The van der Waals surface area contributed by atoms with E-state index in [1.54, 1.807) is 35.9 Å². The molecule has 1 unspecified atom stereocenters. The maximum absolute atomic E-state index is 12.5. The Kier molecular flexibility index (Phi) is 7.19. The normalized spacial score (nSPS) is 14.5. The number of benzene rings is 2. The summed E-state index contributed by atoms with van der Waals surface area (Å²) in [7, 11) is 0. The highest BCUT2D eigenvalue weighted by Crippen LogP contribution is 2.23. The molecule has 178 valence electrons. The predicted molar refractivity (Wildman–Crippen MR) is 131 cm³/mol. The highest BCUT2D eigenvalue weighted by Gasteiger charge is 2.20. The Balaban J connectivity index is 1.33. The Labute approximate surface area is 203 Å². The van der Waals surface area contributed by atoms with E-state index in [0.29, 0.717) is 29.5 Å². The van der Waals surface area contributed by atoms with E-state index in [2.05, 4.69) is 15.3 Å². The molecule has 0 aliphatic carbocycles. The first kappa shape index (κ1) is 23.8. The van der Waals surface area contributed by atoms with Crippen molar-refractivity contribution in [2.45, 2.75) is 26.9 Å². The molecule has 2 aromatic carbocycles. The van der Waals surface area contributed by atoms with E-state index < -0.39 is 18.0 Å². The second-order valence-corrected chi connectivity index (χ2v) is 8.50. The zero-order valence-electron chi connectivity index (χ0n) is 19.4. The first-order valence-corrected chi connectivity index (χ1v) is 11.5. The first-order chi connectivity index (χ1) is 16.3. The van der Waals surface area contributed by atoms with Crippen LogP contribution in [0.3, 0.4) is 0 Å². The van der Waals surface area contributed by atoms with Gasteiger partial charge >= 0.3 is 5.97 Å². The van der Waals surface area contributed by atoms with Gasteiger partial charge in [0.25, 0.3) is 5.91 Å². The smallest absolute Gasteiger partial charge is 0.338 e. The zero-order valence-corrected chi connectivity index (χ0v) is 20.1. The molecule has 2 heterocycles. The van der Waals surface area contributed by atoms with Gasteiger partial charge in [0, 0.05) is 24.5 Å². The van der Waals surface area contributed by atoms with Crippen LogP contribution in [-0.4, -0.2) is 54.1 Å². The van der Waals surface area contributed by atoms with Gasteiger partial charge in [0.2, 0.25) is 0 Å². The molecule has 0 radical (unpaired) electrons. The van der Waals surface area contributed by atoms with E-state index in [1.165, 1.54) is 0 Å². The van der Waals surface area contributed by atoms with Crippen LogP contribution < -0.4 is 10.2 Å². The van der Waals surface area contributed by atoms with E-state index in [4.69, 9.17) is 21.1 Å². The van der Waals surface area contributed by atoms with Crippen LogP contribution in [-0.2, 0) is 14.3 Å². The van der Waals surface area contributed by atoms with Gasteiger partial charge in [-0.2, -0.15) is 5.10 Å². The van der Waals surface area contributed by atoms with E-state index in [1.807, 2.05) is 38.1 Å². The minimum Gasteiger partial charge on any atom is -0.449 e. The Morgan fingerprint density at radius 3 is 2.24 bits per heavy atom. The molecular weight excluding hydrogens is 456 g/mol. The molecule has 1 fully saturated rings. The molecule has 1 N–H and O–H groups in total. The van der Waals surface area contributed by atoms with Crippen LogP contribution in [0.15, 0.2) is 48.5 Å². The Hall–Kier alpha value is -3.36. The number of ether oxygens (including phenoxy) is 2. The van der Waals surface area contributed by atoms with Crippen LogP contribution in [0, 0.1) is 13.8 Å². The average Bonchev–Trinajstić information content (AvgIpc) is 3.12. The van der Waals surface area contributed by atoms with Crippen molar-refractivity contribution in [3.8, 4) is 5.69 Å². The molecule has 8 nitrogen and oxygen atoms in total. The number of hydrogen-bond acceptors (Lipinski definition) is 6. The Bertz CT molecular complexity index is 1170. The van der Waals surface area contributed by atoms with Crippen molar-refractivity contribution in [1.29, 1.82) is 0 Å². The summed E-state index contributed by atoms with van der Waals surface area (Å²) in [5.41, 5.74) is 4.38. The van der Waals surface area contributed by atoms with Crippen molar-refractivity contribution in [2.75, 3.05) is 36.5 Å². The third kappa shape index (κ3) is 5.24. The molecule has 1 atom stereocenters. The largest absolute Gasteiger partial charge is 0.449 e. The van der Waals surface area contributed by atoms with Crippen LogP contribution >= 0.6 is 11.6 Å². The summed E-state index contributed by atoms with van der Waals surface area (Å²) in [5, 5.41) is 7.81. The summed E-state index contributed by atoms with van der Waals surface area (Å²) in [6.07, 6.45) is -0.957. The number of esters is 1. The second kappa shape index (κ2) is 10.3. The highest BCUT2D eigenvalue weighted by atomic mass is 35.5. The van der Waals surface area contributed by atoms with Crippen molar-refractivity contribution in [2.24, 2.45) is 0 Å². The molecule has 4 rings (SSSR count). The summed E-state index contributed by atoms with van der Waals surface area (Å²) in [6, 6.07) is 14.4. The number of amides is 1. The van der Waals surface area contributed by atoms with Gasteiger partial charge in [-0.1, -0.05) is 11.6 Å². The lowest BCUT2D eigenvalue weighted by molar-refractivity contribution is -0.123. The van der Waals surface area contributed by atoms with Gasteiger partial charge in [-0.15, -0.1) is 0 Å². The molecule has 1 aliphatic rings. The fourth-order valence-corrected chi connectivity index (χ4v) is 3.83. The maximum Gasteiger partial charge on any atom is 0.338 e. The van der Waals surface area contributed by atoms with Gasteiger partial charge < -0.3 is 19.7 Å². The van der Waals surface area contributed by atoms with Gasteiger partial charge in [0.15, 0.2) is 6.10 Å². The number of morpholine rings is 1. The number of nitrogens with one attached hydrogen (secondary N) is 1. The van der Waals surface area contributed by atoms with Crippen molar-refractivity contribution in [3.05, 3.63) is 70.5 Å². The monoisotopic (exact) mass is 482 g/mol. The molecule has 1 aliphatic heterocycles. The van der Waals surface area contributed by atoms with E-state index in [-0.39, 0.29) is 0 Å². The number of aryl methyl sites for hydroxylation is 1. The van der Waals surface area contributed by atoms with Crippen LogP contribution in [0.2, 0.25) is 5.02 Å². The maximum atomic E-state index is 12.5. The fraction of sp³-hybridized carbons (Fsp3) is 0.320. The number of aromatic nitrogens is 2. The SMILES string of the molecule is Cc1nn(-c2ccc(C(=O)OC(C)C(=O)Nc3ccc(N4CCOCC4)cc3)cc2)c(C)c1Cl. The lowest BCUT2D eigenvalue weighted by Gasteiger charge is -2.28. The van der Waals surface area contributed by atoms with Gasteiger partial charge in [0.1, 0.15) is 0 Å². The van der Waals surface area contributed by atoms with Gasteiger partial charge in [-0.05, 0) is 69.3 Å². The number of halogens is 1. The average molecular weight is 483 g/mol. The molecule has 1 amide bonds. The summed E-state index contributed by atoms with van der Waals surface area (Å²) >= 11 is 6.22. The summed E-state index contributed by atoms with van der Waals surface area (Å²) < 4.78 is 12.5. The van der Waals surface area contributed by atoms with Crippen LogP contribution in [0.25, 0.3) is 5.69 Å². The standard InChI is InChI=1S/C25H27ClN4O4/c1-16-23(26)17(2)30(28-16)22-8-4-19(5-9-22)25(32)34-18(3)24(31)27-20-6-10-21(11-7-20)29-12-14-33-15-13-29/h4-11,18H,12-15H2,1-3H3,(H,27,31). The van der Waals surface area contributed by atoms with Crippen molar-refractivity contribution in [1.82, 2.24) is 9.78 Å². The number of hydrogen-bond donors (Lipinski definition) is 1. The van der Waals surface area contributed by atoms with Crippen molar-refractivity contribution in [3.63, 3.8) is 0 Å². The zero-order chi connectivity index (χ0) is 24.2. The number of carbonyl (C=O) groups excluding carboxylic acids is 2. The predicted octanol–water partition coefficient (Wildman–Crippen LogP) is 4.16. The first-order valence-electron chi connectivity index (χ1n) is 11.1. The van der Waals surface area contributed by atoms with E-state index >= 15 is 0 Å². The highest BCUT2D eigenvalue weighted by molar-refractivity contribution is 6.31. The number of rotatable bonds is 6. The Morgan fingerprint density at radius 2 is 1.65 bits per heavy atom. The van der Waals surface area contributed by atoms with Crippen LogP contribution in [0.1, 0.15) is 28.7 Å². The number of anilines is 2. The van der Waals surface area contributed by atoms with Gasteiger partial charge in [-0.25, -0.2) is 9.48 Å². The summed E-state index contributed by atoms with van der Waals surface area (Å²) in [5.74, 6) is -0.982. The fourth-order valence-electron chi connectivity index (χ4n) is 3.72. The van der Waals surface area contributed by atoms with E-state index in [9.17, 15) is 9.59 Å². The lowest BCUT2D eigenvalue weighted by atomic mass is 10.2. The molecule has 1 saturated heterocycles. The molecule has 0 bridgehead atoms. The molecule has 0 saturated carbocycles. The summed E-state index contributed by atoms with van der Waals surface area (Å²) in [6.45, 7) is 8.36. The van der Waals surface area contributed by atoms with Crippen molar-refractivity contribution >= 4 is 34.9 Å². The molecule has 1 aromatic heterocycles. The number of carbonyl (C=O) groups is 2. The molecular formula is C25H27ClN4O4. The van der Waals surface area contributed by atoms with Gasteiger partial charge in [-0.3, -0.25) is 4.79 Å². The molecule has 34 heavy (non-hydrogen) atoms.